The predicted molar refractivity (Wildman–Crippen MR) is 28.6 cm³/mol. The summed E-state index contributed by atoms with van der Waals surface area (Å²) in [6, 6.07) is 0. The molecular weight excluding hydrogens is 90.1 g/mol. The van der Waals surface area contributed by atoms with Gasteiger partial charge in [0.25, 0.3) is 0 Å². The fourth-order valence-electron chi connectivity index (χ4n) is 0.194. The lowest BCUT2D eigenvalue weighted by atomic mass is 10.6. The van der Waals surface area contributed by atoms with E-state index < -0.39 is 0 Å². The molecule has 0 aromatic heterocycles. The van der Waals surface area contributed by atoms with E-state index in [9.17, 15) is 4.79 Å². The minimum atomic E-state index is 0.472. The van der Waals surface area contributed by atoms with Crippen molar-refractivity contribution in [3.8, 4) is 0 Å². The number of hydrogen-bond donors (Lipinski definition) is 0. The molecule has 0 spiro atoms. The van der Waals surface area contributed by atoms with Gasteiger partial charge < -0.3 is 9.28 Å². The summed E-state index contributed by atoms with van der Waals surface area (Å²) in [6.07, 6.45) is 1.83. The van der Waals surface area contributed by atoms with Crippen molar-refractivity contribution in [1.29, 1.82) is 0 Å². The number of likely N-dealkylation sites (N-methyl/N-ethyl adjacent to an activating group) is 1. The molecule has 0 saturated carbocycles. The summed E-state index contributed by atoms with van der Waals surface area (Å²) in [5.41, 5.74) is 0. The lowest BCUT2D eigenvalue weighted by molar-refractivity contribution is -0.860. The fourth-order valence-corrected chi connectivity index (χ4v) is 0.194. The SMILES string of the molecule is C[N+](C)(C)C[C-]=O. The Kier molecular flexibility index (Phi) is 1.96. The molecule has 0 aromatic carbocycles. The highest BCUT2D eigenvalue weighted by atomic mass is 16.1. The van der Waals surface area contributed by atoms with E-state index in [2.05, 4.69) is 0 Å². The van der Waals surface area contributed by atoms with Crippen molar-refractivity contribution in [2.45, 2.75) is 0 Å². The van der Waals surface area contributed by atoms with Gasteiger partial charge in [-0.25, -0.2) is 6.29 Å². The Hall–Kier alpha value is -0.370. The highest BCUT2D eigenvalue weighted by Gasteiger charge is 1.94. The maximum Gasteiger partial charge on any atom is 0.0658 e. The third kappa shape index (κ3) is 5.63. The lowest BCUT2D eigenvalue weighted by Crippen LogP contribution is -2.35. The van der Waals surface area contributed by atoms with Crippen LogP contribution in [0.2, 0.25) is 0 Å². The topological polar surface area (TPSA) is 17.1 Å². The van der Waals surface area contributed by atoms with Gasteiger partial charge in [0.1, 0.15) is 0 Å². The average molecular weight is 101 g/mol. The van der Waals surface area contributed by atoms with Crippen LogP contribution in [0.25, 0.3) is 0 Å². The van der Waals surface area contributed by atoms with Gasteiger partial charge in [0.05, 0.1) is 21.1 Å². The van der Waals surface area contributed by atoms with E-state index in [4.69, 9.17) is 0 Å². The van der Waals surface area contributed by atoms with Gasteiger partial charge >= 0.3 is 0 Å². The number of hydrogen-bond acceptors (Lipinski definition) is 1. The van der Waals surface area contributed by atoms with Gasteiger partial charge in [-0.1, -0.05) is 0 Å². The minimum Gasteiger partial charge on any atom is -0.536 e. The van der Waals surface area contributed by atoms with Crippen LogP contribution in [0.3, 0.4) is 0 Å². The first-order chi connectivity index (χ1) is 3.06. The summed E-state index contributed by atoms with van der Waals surface area (Å²) >= 11 is 0. The second-order valence-corrected chi connectivity index (χ2v) is 2.59. The van der Waals surface area contributed by atoms with Crippen LogP contribution in [0.5, 0.6) is 0 Å². The van der Waals surface area contributed by atoms with Crippen molar-refractivity contribution in [2.24, 2.45) is 0 Å². The van der Waals surface area contributed by atoms with E-state index in [-0.39, 0.29) is 0 Å². The number of rotatable bonds is 2. The molecule has 0 radical (unpaired) electrons. The van der Waals surface area contributed by atoms with Crippen LogP contribution in [0.1, 0.15) is 0 Å². The van der Waals surface area contributed by atoms with E-state index in [1.807, 2.05) is 27.4 Å². The van der Waals surface area contributed by atoms with Crippen molar-refractivity contribution >= 4 is 6.29 Å². The van der Waals surface area contributed by atoms with Crippen LogP contribution in [0, 0.1) is 0 Å². The quantitative estimate of drug-likeness (QED) is 0.348. The van der Waals surface area contributed by atoms with E-state index >= 15 is 0 Å². The van der Waals surface area contributed by atoms with E-state index in [0.717, 1.165) is 0 Å². The molecule has 0 rings (SSSR count). The molecule has 0 aliphatic carbocycles. The zero-order valence-electron chi connectivity index (χ0n) is 5.06. The van der Waals surface area contributed by atoms with E-state index in [1.165, 1.54) is 0 Å². The molecule has 0 aliphatic heterocycles. The number of nitrogens with zero attached hydrogens (tertiary/aromatic N) is 1. The Balaban J connectivity index is 3.34. The van der Waals surface area contributed by atoms with Gasteiger partial charge in [0.2, 0.25) is 0 Å². The van der Waals surface area contributed by atoms with Gasteiger partial charge in [-0.05, 0) is 6.54 Å². The first-order valence-electron chi connectivity index (χ1n) is 2.22. The molecule has 0 fully saturated rings. The second-order valence-electron chi connectivity index (χ2n) is 2.59. The predicted octanol–water partition coefficient (Wildman–Crippen LogP) is -0.198. The zero-order chi connectivity index (χ0) is 5.91. The maximum atomic E-state index is 9.68. The lowest BCUT2D eigenvalue weighted by Gasteiger charge is -2.25. The van der Waals surface area contributed by atoms with Crippen molar-refractivity contribution < 1.29 is 9.28 Å². The maximum absolute atomic E-state index is 9.68. The Morgan fingerprint density at radius 2 is 1.86 bits per heavy atom. The molecule has 0 bridgehead atoms. The Bertz CT molecular complexity index is 63.0. The molecule has 42 valence electrons. The normalized spacial score (nSPS) is 11.3. The largest absolute Gasteiger partial charge is 0.536 e. The monoisotopic (exact) mass is 101 g/mol. The molecule has 0 amide bonds. The number of carbonyl (C=O) groups excluding carboxylic acids is 1. The van der Waals surface area contributed by atoms with Crippen LogP contribution < -0.4 is 0 Å². The standard InChI is InChI=1S/C5H11NO/c1-6(2,3)4-5-7/h4H2,1-3H3. The van der Waals surface area contributed by atoms with Gasteiger partial charge in [-0.2, -0.15) is 0 Å². The first-order valence-corrected chi connectivity index (χ1v) is 2.22. The van der Waals surface area contributed by atoms with Gasteiger partial charge in [-0.3, -0.25) is 0 Å². The molecule has 0 N–H and O–H groups in total. The third-order valence-electron chi connectivity index (χ3n) is 0.539. The van der Waals surface area contributed by atoms with Gasteiger partial charge in [-0.15, -0.1) is 0 Å². The molecule has 0 unspecified atom stereocenters. The summed E-state index contributed by atoms with van der Waals surface area (Å²) in [6.45, 7) is 0.472. The van der Waals surface area contributed by atoms with Gasteiger partial charge in [0.15, 0.2) is 0 Å². The summed E-state index contributed by atoms with van der Waals surface area (Å²) in [4.78, 5) is 9.68. The molecule has 2 nitrogen and oxygen atoms in total. The van der Waals surface area contributed by atoms with E-state index in [1.54, 1.807) is 0 Å². The van der Waals surface area contributed by atoms with Crippen LogP contribution >= 0.6 is 0 Å². The molecular formula is C5H11NO. The highest BCUT2D eigenvalue weighted by Crippen LogP contribution is 1.82. The summed E-state index contributed by atoms with van der Waals surface area (Å²) in [7, 11) is 5.85. The van der Waals surface area contributed by atoms with Crippen molar-refractivity contribution in [3.63, 3.8) is 0 Å². The summed E-state index contributed by atoms with van der Waals surface area (Å²) in [5.74, 6) is 0. The van der Waals surface area contributed by atoms with Crippen molar-refractivity contribution in [3.05, 3.63) is 0 Å². The molecule has 2 heteroatoms. The van der Waals surface area contributed by atoms with Gasteiger partial charge in [0, 0.05) is 0 Å². The molecule has 0 heterocycles. The highest BCUT2D eigenvalue weighted by molar-refractivity contribution is 5.51. The summed E-state index contributed by atoms with van der Waals surface area (Å²) in [5, 5.41) is 0. The molecule has 7 heavy (non-hydrogen) atoms. The molecule has 0 atom stereocenters. The first kappa shape index (κ1) is 6.63. The fraction of sp³-hybridized carbons (Fsp3) is 0.800. The Morgan fingerprint density at radius 1 is 1.43 bits per heavy atom. The molecule has 0 saturated heterocycles. The van der Waals surface area contributed by atoms with Crippen LogP contribution in [-0.4, -0.2) is 38.5 Å². The molecule has 0 aliphatic rings. The van der Waals surface area contributed by atoms with Crippen LogP contribution in [0.4, 0.5) is 0 Å². The summed E-state index contributed by atoms with van der Waals surface area (Å²) < 4.78 is 0.670. The van der Waals surface area contributed by atoms with Crippen LogP contribution in [-0.2, 0) is 4.79 Å². The second kappa shape index (κ2) is 2.07. The molecule has 0 aromatic rings. The van der Waals surface area contributed by atoms with Crippen molar-refractivity contribution in [2.75, 3.05) is 27.7 Å². The Labute approximate surface area is 44.3 Å². The third-order valence-corrected chi connectivity index (χ3v) is 0.539. The minimum absolute atomic E-state index is 0.472. The van der Waals surface area contributed by atoms with Crippen molar-refractivity contribution in [1.82, 2.24) is 0 Å². The Morgan fingerprint density at radius 3 is 1.86 bits per heavy atom. The number of quaternary nitrogens is 1. The van der Waals surface area contributed by atoms with E-state index in [0.29, 0.717) is 11.0 Å². The average Bonchev–Trinajstić information content (AvgIpc) is 1.30. The smallest absolute Gasteiger partial charge is 0.0658 e. The van der Waals surface area contributed by atoms with Crippen LogP contribution in [0.15, 0.2) is 0 Å². The zero-order valence-corrected chi connectivity index (χ0v) is 5.06.